The minimum absolute atomic E-state index is 0.661. The maximum Gasteiger partial charge on any atom is 0.0371 e. The SMILES string of the molecule is CCCCCC1CCCCN1ON1CCCCC1CCCCC. The van der Waals surface area contributed by atoms with Crippen LogP contribution in [0.25, 0.3) is 0 Å². The summed E-state index contributed by atoms with van der Waals surface area (Å²) in [4.78, 5) is 6.49. The highest BCUT2D eigenvalue weighted by molar-refractivity contribution is 4.75. The molecule has 0 aromatic rings. The lowest BCUT2D eigenvalue weighted by Crippen LogP contribution is -2.49. The molecule has 2 saturated heterocycles. The summed E-state index contributed by atoms with van der Waals surface area (Å²) < 4.78 is 0. The molecule has 2 atom stereocenters. The summed E-state index contributed by atoms with van der Waals surface area (Å²) in [5.74, 6) is 0. The summed E-state index contributed by atoms with van der Waals surface area (Å²) in [6.45, 7) is 6.86. The first-order chi connectivity index (χ1) is 11.3. The molecule has 3 heteroatoms. The van der Waals surface area contributed by atoms with E-state index in [1.54, 1.807) is 0 Å². The Morgan fingerprint density at radius 1 is 0.696 bits per heavy atom. The summed E-state index contributed by atoms with van der Waals surface area (Å²) in [6, 6.07) is 1.32. The summed E-state index contributed by atoms with van der Waals surface area (Å²) >= 11 is 0. The van der Waals surface area contributed by atoms with Gasteiger partial charge < -0.3 is 0 Å². The zero-order valence-electron chi connectivity index (χ0n) is 15.8. The van der Waals surface area contributed by atoms with Crippen LogP contribution < -0.4 is 0 Å². The van der Waals surface area contributed by atoms with E-state index in [1.165, 1.54) is 89.9 Å². The van der Waals surface area contributed by atoms with Crippen LogP contribution in [-0.4, -0.2) is 35.3 Å². The quantitative estimate of drug-likeness (QED) is 0.479. The minimum atomic E-state index is 0.661. The number of hydrogen-bond acceptors (Lipinski definition) is 3. The third kappa shape index (κ3) is 6.72. The Balaban J connectivity index is 1.82. The molecule has 0 saturated carbocycles. The Morgan fingerprint density at radius 2 is 1.17 bits per heavy atom. The standard InChI is InChI=1S/C20H40N2O/c1-3-5-7-13-19-15-9-11-17-21(19)23-22-18-12-10-16-20(22)14-8-6-4-2/h19-20H,3-18H2,1-2H3. The fourth-order valence-corrected chi connectivity index (χ4v) is 4.13. The first kappa shape index (κ1) is 19.2. The highest BCUT2D eigenvalue weighted by Crippen LogP contribution is 2.27. The van der Waals surface area contributed by atoms with Crippen molar-refractivity contribution in [2.24, 2.45) is 0 Å². The molecule has 2 aliphatic heterocycles. The van der Waals surface area contributed by atoms with Gasteiger partial charge in [-0.1, -0.05) is 65.2 Å². The second-order valence-electron chi connectivity index (χ2n) is 7.65. The molecule has 136 valence electrons. The highest BCUT2D eigenvalue weighted by Gasteiger charge is 2.29. The van der Waals surface area contributed by atoms with Crippen LogP contribution in [0.4, 0.5) is 0 Å². The molecular formula is C20H40N2O. The normalized spacial score (nSPS) is 27.4. The van der Waals surface area contributed by atoms with Crippen molar-refractivity contribution in [2.45, 2.75) is 116 Å². The van der Waals surface area contributed by atoms with Gasteiger partial charge in [-0.25, -0.2) is 4.94 Å². The molecule has 0 bridgehead atoms. The summed E-state index contributed by atoms with van der Waals surface area (Å²) in [5, 5.41) is 4.72. The van der Waals surface area contributed by atoms with E-state index in [9.17, 15) is 0 Å². The molecule has 2 unspecified atom stereocenters. The van der Waals surface area contributed by atoms with Crippen molar-refractivity contribution in [3.63, 3.8) is 0 Å². The molecule has 0 radical (unpaired) electrons. The molecule has 3 nitrogen and oxygen atoms in total. The van der Waals surface area contributed by atoms with E-state index < -0.39 is 0 Å². The summed E-state index contributed by atoms with van der Waals surface area (Å²) in [5.41, 5.74) is 0. The number of unbranched alkanes of at least 4 members (excludes halogenated alkanes) is 4. The van der Waals surface area contributed by atoms with E-state index in [0.717, 1.165) is 13.1 Å². The van der Waals surface area contributed by atoms with Crippen molar-refractivity contribution in [1.29, 1.82) is 0 Å². The van der Waals surface area contributed by atoms with Gasteiger partial charge in [-0.3, -0.25) is 0 Å². The van der Waals surface area contributed by atoms with Crippen LogP contribution in [0.2, 0.25) is 0 Å². The average Bonchev–Trinajstić information content (AvgIpc) is 2.58. The van der Waals surface area contributed by atoms with Crippen molar-refractivity contribution >= 4 is 0 Å². The van der Waals surface area contributed by atoms with Gasteiger partial charge in [0, 0.05) is 25.2 Å². The fraction of sp³-hybridized carbons (Fsp3) is 1.00. The topological polar surface area (TPSA) is 15.7 Å². The number of hydrogen-bond donors (Lipinski definition) is 0. The Labute approximate surface area is 144 Å². The molecular weight excluding hydrogens is 284 g/mol. The zero-order valence-corrected chi connectivity index (χ0v) is 15.8. The van der Waals surface area contributed by atoms with Crippen LogP contribution in [0.1, 0.15) is 104 Å². The molecule has 2 heterocycles. The van der Waals surface area contributed by atoms with Crippen LogP contribution in [0.3, 0.4) is 0 Å². The van der Waals surface area contributed by atoms with Gasteiger partial charge in [0.25, 0.3) is 0 Å². The highest BCUT2D eigenvalue weighted by atomic mass is 16.8. The molecule has 2 fully saturated rings. The summed E-state index contributed by atoms with van der Waals surface area (Å²) in [6.07, 6.45) is 18.8. The fourth-order valence-electron chi connectivity index (χ4n) is 4.13. The number of rotatable bonds is 10. The lowest BCUT2D eigenvalue weighted by molar-refractivity contribution is -0.364. The second-order valence-corrected chi connectivity index (χ2v) is 7.65. The first-order valence-electron chi connectivity index (χ1n) is 10.6. The number of piperidine rings is 2. The Bertz CT molecular complexity index is 269. The number of hydroxylamine groups is 4. The lowest BCUT2D eigenvalue weighted by Gasteiger charge is -2.42. The van der Waals surface area contributed by atoms with Gasteiger partial charge in [0.2, 0.25) is 0 Å². The molecule has 23 heavy (non-hydrogen) atoms. The Hall–Kier alpha value is -0.120. The average molecular weight is 325 g/mol. The van der Waals surface area contributed by atoms with Gasteiger partial charge in [-0.2, -0.15) is 10.1 Å². The Kier molecular flexibility index (Phi) is 9.55. The van der Waals surface area contributed by atoms with Crippen molar-refractivity contribution in [2.75, 3.05) is 13.1 Å². The van der Waals surface area contributed by atoms with Gasteiger partial charge >= 0.3 is 0 Å². The summed E-state index contributed by atoms with van der Waals surface area (Å²) in [7, 11) is 0. The van der Waals surface area contributed by atoms with Crippen LogP contribution in [0.15, 0.2) is 0 Å². The Morgan fingerprint density at radius 3 is 1.61 bits per heavy atom. The van der Waals surface area contributed by atoms with Gasteiger partial charge in [0.1, 0.15) is 0 Å². The van der Waals surface area contributed by atoms with Crippen LogP contribution >= 0.6 is 0 Å². The lowest BCUT2D eigenvalue weighted by atomic mass is 9.98. The maximum atomic E-state index is 6.49. The third-order valence-electron chi connectivity index (χ3n) is 5.64. The zero-order chi connectivity index (χ0) is 16.3. The molecule has 2 rings (SSSR count). The predicted molar refractivity (Wildman–Crippen MR) is 98.1 cm³/mol. The van der Waals surface area contributed by atoms with E-state index in [4.69, 9.17) is 4.94 Å². The molecule has 0 N–H and O–H groups in total. The smallest absolute Gasteiger partial charge is 0.0371 e. The second kappa shape index (κ2) is 11.4. The van der Waals surface area contributed by atoms with E-state index in [2.05, 4.69) is 24.0 Å². The molecule has 2 aliphatic rings. The van der Waals surface area contributed by atoms with Gasteiger partial charge in [0.15, 0.2) is 0 Å². The monoisotopic (exact) mass is 324 g/mol. The number of nitrogens with zero attached hydrogens (tertiary/aromatic N) is 2. The molecule has 0 spiro atoms. The third-order valence-corrected chi connectivity index (χ3v) is 5.64. The predicted octanol–water partition coefficient (Wildman–Crippen LogP) is 5.70. The first-order valence-corrected chi connectivity index (χ1v) is 10.6. The molecule has 0 amide bonds. The van der Waals surface area contributed by atoms with E-state index in [0.29, 0.717) is 12.1 Å². The van der Waals surface area contributed by atoms with Crippen LogP contribution in [-0.2, 0) is 4.94 Å². The van der Waals surface area contributed by atoms with Crippen molar-refractivity contribution in [3.8, 4) is 0 Å². The van der Waals surface area contributed by atoms with E-state index >= 15 is 0 Å². The van der Waals surface area contributed by atoms with Crippen LogP contribution in [0, 0.1) is 0 Å². The van der Waals surface area contributed by atoms with Crippen molar-refractivity contribution < 1.29 is 4.94 Å². The molecule has 0 aliphatic carbocycles. The van der Waals surface area contributed by atoms with Gasteiger partial charge in [0.05, 0.1) is 0 Å². The van der Waals surface area contributed by atoms with Gasteiger partial charge in [-0.15, -0.1) is 0 Å². The van der Waals surface area contributed by atoms with E-state index in [-0.39, 0.29) is 0 Å². The van der Waals surface area contributed by atoms with Crippen molar-refractivity contribution in [1.82, 2.24) is 10.1 Å². The minimum Gasteiger partial charge on any atom is -0.208 e. The van der Waals surface area contributed by atoms with Crippen molar-refractivity contribution in [3.05, 3.63) is 0 Å². The maximum absolute atomic E-state index is 6.49. The largest absolute Gasteiger partial charge is 0.208 e. The van der Waals surface area contributed by atoms with Gasteiger partial charge in [-0.05, 0) is 38.5 Å². The molecule has 0 aromatic heterocycles. The van der Waals surface area contributed by atoms with Crippen LogP contribution in [0.5, 0.6) is 0 Å². The van der Waals surface area contributed by atoms with E-state index in [1.807, 2.05) is 0 Å². The molecule has 0 aromatic carbocycles.